The van der Waals surface area contributed by atoms with Crippen LogP contribution in [0.1, 0.15) is 20.9 Å². The van der Waals surface area contributed by atoms with E-state index in [4.69, 9.17) is 16.6 Å². The highest BCUT2D eigenvalue weighted by molar-refractivity contribution is 7.80. The third-order valence-corrected chi connectivity index (χ3v) is 2.81. The van der Waals surface area contributed by atoms with Crippen molar-refractivity contribution in [3.8, 4) is 0 Å². The molecule has 118 valence electrons. The molecule has 0 saturated heterocycles. The Labute approximate surface area is 134 Å². The number of nitrogens with zero attached hydrogens (tertiary/aromatic N) is 1. The highest BCUT2D eigenvalue weighted by Crippen LogP contribution is 2.16. The molecule has 0 aliphatic carbocycles. The zero-order chi connectivity index (χ0) is 16.8. The van der Waals surface area contributed by atoms with Gasteiger partial charge in [0.25, 0.3) is 17.5 Å². The van der Waals surface area contributed by atoms with Crippen LogP contribution in [0.15, 0.2) is 47.1 Å². The van der Waals surface area contributed by atoms with Gasteiger partial charge in [-0.15, -0.1) is 0 Å². The number of amides is 2. The molecule has 23 heavy (non-hydrogen) atoms. The van der Waals surface area contributed by atoms with Crippen LogP contribution < -0.4 is 16.2 Å². The molecule has 0 aliphatic rings. The normalized spacial score (nSPS) is 9.74. The van der Waals surface area contributed by atoms with E-state index in [1.807, 2.05) is 0 Å². The van der Waals surface area contributed by atoms with Gasteiger partial charge in [0.05, 0.1) is 11.2 Å². The van der Waals surface area contributed by atoms with Gasteiger partial charge in [-0.1, -0.05) is 12.1 Å². The molecule has 2 rings (SSSR count). The second kappa shape index (κ2) is 7.13. The number of para-hydroxylation sites is 1. The predicted molar refractivity (Wildman–Crippen MR) is 82.5 cm³/mol. The first-order valence-corrected chi connectivity index (χ1v) is 6.58. The van der Waals surface area contributed by atoms with Crippen LogP contribution >= 0.6 is 12.2 Å². The Morgan fingerprint density at radius 3 is 2.48 bits per heavy atom. The molecule has 2 amide bonds. The summed E-state index contributed by atoms with van der Waals surface area (Å²) in [7, 11) is 0. The van der Waals surface area contributed by atoms with Gasteiger partial charge < -0.3 is 4.42 Å². The van der Waals surface area contributed by atoms with Crippen LogP contribution in [0, 0.1) is 10.1 Å². The number of benzene rings is 1. The Morgan fingerprint density at radius 1 is 1.09 bits per heavy atom. The minimum Gasteiger partial charge on any atom is -0.459 e. The fourth-order valence-electron chi connectivity index (χ4n) is 1.61. The van der Waals surface area contributed by atoms with Gasteiger partial charge in [-0.05, 0) is 30.4 Å². The van der Waals surface area contributed by atoms with E-state index in [2.05, 4.69) is 16.2 Å². The van der Waals surface area contributed by atoms with Crippen molar-refractivity contribution in [1.29, 1.82) is 0 Å². The first kappa shape index (κ1) is 16.1. The minimum absolute atomic E-state index is 0.0409. The summed E-state index contributed by atoms with van der Waals surface area (Å²) in [6, 6.07) is 8.38. The van der Waals surface area contributed by atoms with E-state index in [9.17, 15) is 19.7 Å². The number of nitro groups is 1. The highest BCUT2D eigenvalue weighted by Gasteiger charge is 2.19. The molecule has 10 heteroatoms. The van der Waals surface area contributed by atoms with Crippen LogP contribution in [0.2, 0.25) is 0 Å². The van der Waals surface area contributed by atoms with Gasteiger partial charge in [0.2, 0.25) is 0 Å². The summed E-state index contributed by atoms with van der Waals surface area (Å²) >= 11 is 4.82. The number of carbonyl (C=O) groups is 2. The summed E-state index contributed by atoms with van der Waals surface area (Å²) in [4.78, 5) is 33.7. The largest absolute Gasteiger partial charge is 0.459 e. The van der Waals surface area contributed by atoms with Gasteiger partial charge in [0.1, 0.15) is 5.56 Å². The third kappa shape index (κ3) is 4.11. The maximum Gasteiger partial charge on any atom is 0.293 e. The topological polar surface area (TPSA) is 127 Å². The molecule has 0 bridgehead atoms. The number of furan rings is 1. The lowest BCUT2D eigenvalue weighted by Crippen LogP contribution is -2.48. The third-order valence-electron chi connectivity index (χ3n) is 2.61. The van der Waals surface area contributed by atoms with Gasteiger partial charge in [0.15, 0.2) is 10.9 Å². The van der Waals surface area contributed by atoms with Gasteiger partial charge in [-0.25, -0.2) is 0 Å². The van der Waals surface area contributed by atoms with Crippen LogP contribution in [0.4, 0.5) is 5.69 Å². The van der Waals surface area contributed by atoms with E-state index in [0.29, 0.717) is 0 Å². The van der Waals surface area contributed by atoms with Crippen LogP contribution in [-0.4, -0.2) is 21.9 Å². The van der Waals surface area contributed by atoms with Gasteiger partial charge in [-0.3, -0.25) is 35.9 Å². The molecule has 0 unspecified atom stereocenters. The molecule has 3 N–H and O–H groups in total. The van der Waals surface area contributed by atoms with Gasteiger partial charge >= 0.3 is 0 Å². The van der Waals surface area contributed by atoms with E-state index in [1.54, 1.807) is 0 Å². The lowest BCUT2D eigenvalue weighted by molar-refractivity contribution is -0.385. The summed E-state index contributed by atoms with van der Waals surface area (Å²) in [5.41, 5.74) is 3.94. The smallest absolute Gasteiger partial charge is 0.293 e. The van der Waals surface area contributed by atoms with Crippen LogP contribution in [0.3, 0.4) is 0 Å². The molecule has 1 aromatic heterocycles. The molecule has 0 fully saturated rings. The van der Waals surface area contributed by atoms with Crippen LogP contribution in [0.5, 0.6) is 0 Å². The first-order chi connectivity index (χ1) is 11.0. The van der Waals surface area contributed by atoms with Crippen molar-refractivity contribution in [1.82, 2.24) is 16.2 Å². The molecule has 0 radical (unpaired) electrons. The second-order valence-corrected chi connectivity index (χ2v) is 4.52. The number of thiocarbonyl (C=S) groups is 1. The molecular formula is C13H10N4O5S. The first-order valence-electron chi connectivity index (χ1n) is 6.17. The second-order valence-electron chi connectivity index (χ2n) is 4.11. The van der Waals surface area contributed by atoms with Crippen LogP contribution in [0.25, 0.3) is 0 Å². The zero-order valence-corrected chi connectivity index (χ0v) is 12.3. The quantitative estimate of drug-likeness (QED) is 0.436. The lowest BCUT2D eigenvalue weighted by atomic mass is 10.2. The predicted octanol–water partition coefficient (Wildman–Crippen LogP) is 1.14. The van der Waals surface area contributed by atoms with Crippen molar-refractivity contribution < 1.29 is 18.9 Å². The molecule has 0 spiro atoms. The molecule has 1 aromatic carbocycles. The average molecular weight is 334 g/mol. The monoisotopic (exact) mass is 334 g/mol. The SMILES string of the molecule is O=C(NC(=S)NNC(=O)c1ccccc1[N+](=O)[O-])c1ccco1. The number of hydrazine groups is 1. The summed E-state index contributed by atoms with van der Waals surface area (Å²) in [5, 5.41) is 12.9. The number of hydrogen-bond acceptors (Lipinski definition) is 6. The Kier molecular flexibility index (Phi) is 5.00. The molecule has 0 saturated carbocycles. The van der Waals surface area contributed by atoms with Crippen LogP contribution in [-0.2, 0) is 0 Å². The van der Waals surface area contributed by atoms with Crippen molar-refractivity contribution in [3.05, 3.63) is 64.1 Å². The minimum atomic E-state index is -0.771. The van der Waals surface area contributed by atoms with Gasteiger partial charge in [0, 0.05) is 6.07 Å². The number of carbonyl (C=O) groups excluding carboxylic acids is 2. The van der Waals surface area contributed by atoms with E-state index in [1.165, 1.54) is 42.7 Å². The number of hydrogen-bond donors (Lipinski definition) is 3. The maximum atomic E-state index is 11.9. The molecule has 0 atom stereocenters. The Hall–Kier alpha value is -3.27. The maximum absolute atomic E-state index is 11.9. The highest BCUT2D eigenvalue weighted by atomic mass is 32.1. The Bertz CT molecular complexity index is 759. The lowest BCUT2D eigenvalue weighted by Gasteiger charge is -2.10. The standard InChI is InChI=1S/C13H10N4O5S/c18-11(8-4-1-2-5-9(8)17(20)21)15-16-13(23)14-12(19)10-6-3-7-22-10/h1-7H,(H,15,18)(H2,14,16,19,23). The van der Waals surface area contributed by atoms with E-state index < -0.39 is 16.7 Å². The number of nitrogens with one attached hydrogen (secondary N) is 3. The molecule has 2 aromatic rings. The van der Waals surface area contributed by atoms with Gasteiger partial charge in [-0.2, -0.15) is 0 Å². The average Bonchev–Trinajstić information content (AvgIpc) is 3.07. The van der Waals surface area contributed by atoms with Crippen molar-refractivity contribution in [2.45, 2.75) is 0 Å². The fraction of sp³-hybridized carbons (Fsp3) is 0. The van der Waals surface area contributed by atoms with Crippen molar-refractivity contribution in [3.63, 3.8) is 0 Å². The zero-order valence-electron chi connectivity index (χ0n) is 11.4. The summed E-state index contributed by atoms with van der Waals surface area (Å²) in [6.07, 6.45) is 1.32. The summed E-state index contributed by atoms with van der Waals surface area (Å²) in [5.74, 6) is -1.33. The molecule has 0 aliphatic heterocycles. The van der Waals surface area contributed by atoms with E-state index in [-0.39, 0.29) is 22.1 Å². The Morgan fingerprint density at radius 2 is 1.83 bits per heavy atom. The number of rotatable bonds is 3. The Balaban J connectivity index is 1.93. The van der Waals surface area contributed by atoms with Crippen molar-refractivity contribution in [2.24, 2.45) is 0 Å². The molecule has 1 heterocycles. The van der Waals surface area contributed by atoms with E-state index >= 15 is 0 Å². The van der Waals surface area contributed by atoms with E-state index in [0.717, 1.165) is 0 Å². The summed E-state index contributed by atoms with van der Waals surface area (Å²) in [6.45, 7) is 0. The molecule has 9 nitrogen and oxygen atoms in total. The molecular weight excluding hydrogens is 324 g/mol. The summed E-state index contributed by atoms with van der Waals surface area (Å²) < 4.78 is 4.87. The van der Waals surface area contributed by atoms with Crippen molar-refractivity contribution >= 4 is 34.8 Å². The van der Waals surface area contributed by atoms with Crippen molar-refractivity contribution in [2.75, 3.05) is 0 Å². The number of nitro benzene ring substituents is 1. The fourth-order valence-corrected chi connectivity index (χ4v) is 1.75.